The molecule has 0 unspecified atom stereocenters. The molecule has 0 saturated carbocycles. The molecule has 3 aromatic carbocycles. The number of carbonyl (C=O) groups is 1. The number of hydrogen-bond donors (Lipinski definition) is 1. The third-order valence-electron chi connectivity index (χ3n) is 3.85. The Bertz CT molecular complexity index is 1050. The first kappa shape index (κ1) is 15.7. The van der Waals surface area contributed by atoms with Gasteiger partial charge in [-0.2, -0.15) is 0 Å². The first-order chi connectivity index (χ1) is 12.2. The first-order valence-corrected chi connectivity index (χ1v) is 8.58. The number of benzene rings is 3. The number of fused-ring (bicyclic) bond motifs is 3. The number of rotatable bonds is 4. The molecule has 0 aliphatic heterocycles. The van der Waals surface area contributed by atoms with Gasteiger partial charge in [-0.25, -0.2) is 0 Å². The average molecular weight is 396 g/mol. The molecule has 1 heterocycles. The molecular formula is C20H14BrNO3. The van der Waals surface area contributed by atoms with Crippen molar-refractivity contribution in [1.82, 2.24) is 0 Å². The number of furan rings is 1. The lowest BCUT2D eigenvalue weighted by molar-refractivity contribution is -0.118. The predicted molar refractivity (Wildman–Crippen MR) is 102 cm³/mol. The van der Waals surface area contributed by atoms with Crippen LogP contribution in [0.3, 0.4) is 0 Å². The van der Waals surface area contributed by atoms with E-state index in [-0.39, 0.29) is 12.5 Å². The fourth-order valence-corrected chi connectivity index (χ4v) is 2.94. The van der Waals surface area contributed by atoms with Gasteiger partial charge in [-0.1, -0.05) is 34.1 Å². The summed E-state index contributed by atoms with van der Waals surface area (Å²) in [5.41, 5.74) is 2.36. The van der Waals surface area contributed by atoms with E-state index in [2.05, 4.69) is 21.2 Å². The predicted octanol–water partition coefficient (Wildman–Crippen LogP) is 5.37. The molecule has 0 fully saturated rings. The number of nitrogens with one attached hydrogen (secondary N) is 1. The zero-order valence-electron chi connectivity index (χ0n) is 13.2. The standard InChI is InChI=1S/C20H14BrNO3/c21-13-5-7-14(8-6-13)22-20(23)12-24-15-9-10-19-17(11-15)16-3-1-2-4-18(16)25-19/h1-11H,12H2,(H,22,23). The molecule has 0 atom stereocenters. The van der Waals surface area contributed by atoms with E-state index in [0.29, 0.717) is 5.75 Å². The van der Waals surface area contributed by atoms with Crippen molar-refractivity contribution >= 4 is 49.5 Å². The summed E-state index contributed by atoms with van der Waals surface area (Å²) in [5.74, 6) is 0.421. The van der Waals surface area contributed by atoms with Gasteiger partial charge in [0, 0.05) is 20.9 Å². The van der Waals surface area contributed by atoms with E-state index >= 15 is 0 Å². The first-order valence-electron chi connectivity index (χ1n) is 7.78. The summed E-state index contributed by atoms with van der Waals surface area (Å²) in [5, 5.41) is 4.80. The van der Waals surface area contributed by atoms with Crippen molar-refractivity contribution in [3.8, 4) is 5.75 Å². The highest BCUT2D eigenvalue weighted by Crippen LogP contribution is 2.31. The summed E-state index contributed by atoms with van der Waals surface area (Å²) in [6, 6.07) is 20.8. The highest BCUT2D eigenvalue weighted by Gasteiger charge is 2.09. The van der Waals surface area contributed by atoms with Gasteiger partial charge in [-0.05, 0) is 48.5 Å². The zero-order chi connectivity index (χ0) is 17.2. The maximum absolute atomic E-state index is 12.0. The number of anilines is 1. The lowest BCUT2D eigenvalue weighted by Crippen LogP contribution is -2.20. The number of amides is 1. The second-order valence-electron chi connectivity index (χ2n) is 5.60. The van der Waals surface area contributed by atoms with E-state index < -0.39 is 0 Å². The maximum Gasteiger partial charge on any atom is 0.262 e. The SMILES string of the molecule is O=C(COc1ccc2oc3ccccc3c2c1)Nc1ccc(Br)cc1. The Balaban J connectivity index is 1.48. The Morgan fingerprint density at radius 2 is 1.72 bits per heavy atom. The summed E-state index contributed by atoms with van der Waals surface area (Å²) in [6.45, 7) is -0.0582. The largest absolute Gasteiger partial charge is 0.484 e. The Morgan fingerprint density at radius 1 is 0.960 bits per heavy atom. The van der Waals surface area contributed by atoms with Crippen molar-refractivity contribution in [2.24, 2.45) is 0 Å². The van der Waals surface area contributed by atoms with Crippen molar-refractivity contribution in [3.63, 3.8) is 0 Å². The molecule has 0 spiro atoms. The lowest BCUT2D eigenvalue weighted by atomic mass is 10.1. The second-order valence-corrected chi connectivity index (χ2v) is 6.52. The smallest absolute Gasteiger partial charge is 0.262 e. The monoisotopic (exact) mass is 395 g/mol. The molecule has 0 aliphatic carbocycles. The molecule has 4 aromatic rings. The fourth-order valence-electron chi connectivity index (χ4n) is 2.67. The second kappa shape index (κ2) is 6.61. The van der Waals surface area contributed by atoms with Crippen LogP contribution in [0.2, 0.25) is 0 Å². The molecular weight excluding hydrogens is 382 g/mol. The molecule has 5 heteroatoms. The number of carbonyl (C=O) groups excluding carboxylic acids is 1. The van der Waals surface area contributed by atoms with E-state index in [1.165, 1.54) is 0 Å². The molecule has 0 saturated heterocycles. The van der Waals surface area contributed by atoms with Gasteiger partial charge in [-0.15, -0.1) is 0 Å². The van der Waals surface area contributed by atoms with Crippen LogP contribution in [-0.4, -0.2) is 12.5 Å². The number of halogens is 1. The summed E-state index contributed by atoms with van der Waals surface area (Å²) in [7, 11) is 0. The summed E-state index contributed by atoms with van der Waals surface area (Å²) < 4.78 is 12.4. The van der Waals surface area contributed by atoms with Crippen LogP contribution in [0.15, 0.2) is 75.6 Å². The topological polar surface area (TPSA) is 51.5 Å². The summed E-state index contributed by atoms with van der Waals surface area (Å²) in [6.07, 6.45) is 0. The number of hydrogen-bond acceptors (Lipinski definition) is 3. The molecule has 0 bridgehead atoms. The third kappa shape index (κ3) is 3.37. The van der Waals surface area contributed by atoms with Crippen LogP contribution >= 0.6 is 15.9 Å². The third-order valence-corrected chi connectivity index (χ3v) is 4.37. The van der Waals surface area contributed by atoms with Crippen LogP contribution in [0.4, 0.5) is 5.69 Å². The van der Waals surface area contributed by atoms with Crippen LogP contribution in [0.5, 0.6) is 5.75 Å². The molecule has 0 radical (unpaired) electrons. The average Bonchev–Trinajstić information content (AvgIpc) is 3.00. The minimum atomic E-state index is -0.209. The number of para-hydroxylation sites is 1. The van der Waals surface area contributed by atoms with Crippen LogP contribution in [0.1, 0.15) is 0 Å². The Kier molecular flexibility index (Phi) is 4.15. The van der Waals surface area contributed by atoms with Gasteiger partial charge in [0.1, 0.15) is 16.9 Å². The Labute approximate surface area is 152 Å². The molecule has 25 heavy (non-hydrogen) atoms. The van der Waals surface area contributed by atoms with E-state index in [9.17, 15) is 4.79 Å². The lowest BCUT2D eigenvalue weighted by Gasteiger charge is -2.07. The molecule has 124 valence electrons. The molecule has 1 aromatic heterocycles. The fraction of sp³-hybridized carbons (Fsp3) is 0.0500. The van der Waals surface area contributed by atoms with E-state index in [1.54, 1.807) is 6.07 Å². The minimum Gasteiger partial charge on any atom is -0.484 e. The zero-order valence-corrected chi connectivity index (χ0v) is 14.7. The van der Waals surface area contributed by atoms with Crippen molar-refractivity contribution in [2.75, 3.05) is 11.9 Å². The van der Waals surface area contributed by atoms with E-state index in [0.717, 1.165) is 32.1 Å². The van der Waals surface area contributed by atoms with Gasteiger partial charge in [0.2, 0.25) is 0 Å². The van der Waals surface area contributed by atoms with Crippen molar-refractivity contribution in [3.05, 3.63) is 71.2 Å². The summed E-state index contributed by atoms with van der Waals surface area (Å²) in [4.78, 5) is 12.0. The molecule has 0 aliphatic rings. The van der Waals surface area contributed by atoms with Crippen LogP contribution in [-0.2, 0) is 4.79 Å². The van der Waals surface area contributed by atoms with Crippen molar-refractivity contribution in [2.45, 2.75) is 0 Å². The van der Waals surface area contributed by atoms with Gasteiger partial charge in [0.15, 0.2) is 6.61 Å². The van der Waals surface area contributed by atoms with E-state index in [1.807, 2.05) is 60.7 Å². The summed E-state index contributed by atoms with van der Waals surface area (Å²) >= 11 is 3.36. The van der Waals surface area contributed by atoms with Crippen molar-refractivity contribution in [1.29, 1.82) is 0 Å². The molecule has 1 amide bonds. The van der Waals surface area contributed by atoms with Gasteiger partial charge >= 0.3 is 0 Å². The van der Waals surface area contributed by atoms with Crippen molar-refractivity contribution < 1.29 is 13.9 Å². The van der Waals surface area contributed by atoms with E-state index in [4.69, 9.17) is 9.15 Å². The van der Waals surface area contributed by atoms with Gasteiger partial charge in [0.25, 0.3) is 5.91 Å². The maximum atomic E-state index is 12.0. The minimum absolute atomic E-state index is 0.0582. The highest BCUT2D eigenvalue weighted by atomic mass is 79.9. The molecule has 4 rings (SSSR count). The highest BCUT2D eigenvalue weighted by molar-refractivity contribution is 9.10. The van der Waals surface area contributed by atoms with Crippen LogP contribution in [0, 0.1) is 0 Å². The van der Waals surface area contributed by atoms with Gasteiger partial charge in [0.05, 0.1) is 0 Å². The van der Waals surface area contributed by atoms with Gasteiger partial charge in [-0.3, -0.25) is 4.79 Å². The Hall–Kier alpha value is -2.79. The van der Waals surface area contributed by atoms with Gasteiger partial charge < -0.3 is 14.5 Å². The van der Waals surface area contributed by atoms with Crippen LogP contribution < -0.4 is 10.1 Å². The Morgan fingerprint density at radius 3 is 2.56 bits per heavy atom. The quantitative estimate of drug-likeness (QED) is 0.505. The number of ether oxygens (including phenoxy) is 1. The normalized spacial score (nSPS) is 10.9. The van der Waals surface area contributed by atoms with Crippen LogP contribution in [0.25, 0.3) is 21.9 Å². The molecule has 1 N–H and O–H groups in total. The molecule has 4 nitrogen and oxygen atoms in total.